The lowest BCUT2D eigenvalue weighted by Crippen LogP contribution is -2.69. The maximum absolute atomic E-state index is 13.4. The smallest absolute Gasteiger partial charge is 0.241 e. The molecule has 5 fully saturated rings. The van der Waals surface area contributed by atoms with E-state index in [4.69, 9.17) is 0 Å². The van der Waals surface area contributed by atoms with E-state index in [9.17, 15) is 23.3 Å². The van der Waals surface area contributed by atoms with Crippen molar-refractivity contribution in [2.24, 2.45) is 11.8 Å². The number of anilines is 1. The number of sulfonamides is 1. The molecule has 3 atom stereocenters. The molecule has 9 nitrogen and oxygen atoms in total. The molecular weight excluding hydrogens is 466 g/mol. The summed E-state index contributed by atoms with van der Waals surface area (Å²) in [6, 6.07) is 8.11. The average molecular weight is 500 g/mol. The number of benzene rings is 1. The molecule has 0 aromatic heterocycles. The highest BCUT2D eigenvalue weighted by Gasteiger charge is 2.58. The van der Waals surface area contributed by atoms with Crippen molar-refractivity contribution in [3.05, 3.63) is 24.3 Å². The van der Waals surface area contributed by atoms with Gasteiger partial charge in [-0.1, -0.05) is 0 Å². The first-order chi connectivity index (χ1) is 16.6. The van der Waals surface area contributed by atoms with Crippen LogP contribution in [0.25, 0.3) is 0 Å². The molecule has 1 heterocycles. The Hall–Kier alpha value is -2.48. The van der Waals surface area contributed by atoms with Crippen molar-refractivity contribution in [3.8, 4) is 6.07 Å². The second kappa shape index (κ2) is 8.87. The molecule has 1 aromatic rings. The summed E-state index contributed by atoms with van der Waals surface area (Å²) in [5, 5.41) is 15.5. The zero-order valence-corrected chi connectivity index (χ0v) is 20.9. The van der Waals surface area contributed by atoms with Crippen LogP contribution in [0.4, 0.5) is 5.69 Å². The van der Waals surface area contributed by atoms with Crippen LogP contribution < -0.4 is 15.4 Å². The molecule has 4 aliphatic carbocycles. The summed E-state index contributed by atoms with van der Waals surface area (Å²) in [5.41, 5.74) is -0.243. The SMILES string of the molecule is CC(=O)Nc1ccc(S(=O)(=O)NC23CC4CC(CC(NCC(=O)N5CCC[C@H]5C#N)(C4)C2)C3)cc1. The van der Waals surface area contributed by atoms with Crippen molar-refractivity contribution in [1.29, 1.82) is 5.26 Å². The Morgan fingerprint density at radius 1 is 1.11 bits per heavy atom. The van der Waals surface area contributed by atoms with Crippen LogP contribution in [0.15, 0.2) is 29.2 Å². The van der Waals surface area contributed by atoms with Gasteiger partial charge in [0.05, 0.1) is 17.5 Å². The zero-order chi connectivity index (χ0) is 24.8. The molecule has 1 saturated heterocycles. The maximum Gasteiger partial charge on any atom is 0.241 e. The molecule has 0 spiro atoms. The summed E-state index contributed by atoms with van der Waals surface area (Å²) in [7, 11) is -3.75. The van der Waals surface area contributed by atoms with Crippen molar-refractivity contribution < 1.29 is 18.0 Å². The molecule has 5 aliphatic rings. The predicted molar refractivity (Wildman–Crippen MR) is 130 cm³/mol. The van der Waals surface area contributed by atoms with E-state index in [1.54, 1.807) is 17.0 Å². The number of nitriles is 1. The van der Waals surface area contributed by atoms with Gasteiger partial charge in [0.15, 0.2) is 0 Å². The number of nitrogens with one attached hydrogen (secondary N) is 3. The maximum atomic E-state index is 13.4. The van der Waals surface area contributed by atoms with Crippen LogP contribution in [0, 0.1) is 23.2 Å². The molecule has 1 aliphatic heterocycles. The van der Waals surface area contributed by atoms with Gasteiger partial charge in [0.1, 0.15) is 6.04 Å². The fourth-order valence-electron chi connectivity index (χ4n) is 7.42. The number of hydrogen-bond acceptors (Lipinski definition) is 6. The number of carbonyl (C=O) groups excluding carboxylic acids is 2. The minimum Gasteiger partial charge on any atom is -0.326 e. The summed E-state index contributed by atoms with van der Waals surface area (Å²) in [6.45, 7) is 2.22. The molecule has 2 amide bonds. The van der Waals surface area contributed by atoms with E-state index >= 15 is 0 Å². The summed E-state index contributed by atoms with van der Waals surface area (Å²) in [5.74, 6) is 0.583. The van der Waals surface area contributed by atoms with Gasteiger partial charge in [0, 0.05) is 30.2 Å². The van der Waals surface area contributed by atoms with Crippen LogP contribution in [0.2, 0.25) is 0 Å². The Labute approximate surface area is 206 Å². The van der Waals surface area contributed by atoms with E-state index < -0.39 is 15.6 Å². The lowest BCUT2D eigenvalue weighted by molar-refractivity contribution is -0.131. The van der Waals surface area contributed by atoms with Crippen LogP contribution >= 0.6 is 0 Å². The van der Waals surface area contributed by atoms with Crippen LogP contribution in [-0.4, -0.2) is 55.3 Å². The average Bonchev–Trinajstić information content (AvgIpc) is 3.25. The largest absolute Gasteiger partial charge is 0.326 e. The number of nitrogens with zero attached hydrogens (tertiary/aromatic N) is 2. The number of likely N-dealkylation sites (tertiary alicyclic amines) is 1. The number of amides is 2. The van der Waals surface area contributed by atoms with Gasteiger partial charge in [-0.2, -0.15) is 5.26 Å². The highest BCUT2D eigenvalue weighted by Crippen LogP contribution is 2.57. The van der Waals surface area contributed by atoms with Crippen molar-refractivity contribution in [2.45, 2.75) is 80.3 Å². The monoisotopic (exact) mass is 499 g/mol. The Morgan fingerprint density at radius 3 is 2.40 bits per heavy atom. The van der Waals surface area contributed by atoms with Gasteiger partial charge in [0.25, 0.3) is 0 Å². The minimum atomic E-state index is -3.75. The van der Waals surface area contributed by atoms with Gasteiger partial charge in [-0.3, -0.25) is 9.59 Å². The summed E-state index contributed by atoms with van der Waals surface area (Å²) >= 11 is 0. The van der Waals surface area contributed by atoms with E-state index in [1.807, 2.05) is 0 Å². The molecule has 6 rings (SSSR count). The molecule has 4 bridgehead atoms. The number of rotatable bonds is 7. The molecule has 2 unspecified atom stereocenters. The van der Waals surface area contributed by atoms with Gasteiger partial charge < -0.3 is 15.5 Å². The first-order valence-electron chi connectivity index (χ1n) is 12.5. The third-order valence-corrected chi connectivity index (χ3v) is 9.83. The second-order valence-electron chi connectivity index (χ2n) is 11.1. The molecule has 10 heteroatoms. The standard InChI is InChI=1S/C25H33N5O4S/c1-17(31)28-20-4-6-22(7-5-20)35(33,34)29-25-12-18-9-19(13-25)11-24(10-18,16-25)27-15-23(32)30-8-2-3-21(30)14-26/h4-7,18-19,21,27,29H,2-3,8-13,15-16H2,1H3,(H,28,31)/t18?,19?,21-,24?,25?/m0/s1. The molecule has 4 saturated carbocycles. The molecule has 188 valence electrons. The van der Waals surface area contributed by atoms with Crippen molar-refractivity contribution in [1.82, 2.24) is 14.9 Å². The molecule has 0 radical (unpaired) electrons. The summed E-state index contributed by atoms with van der Waals surface area (Å²) < 4.78 is 29.8. The topological polar surface area (TPSA) is 131 Å². The fourth-order valence-corrected chi connectivity index (χ4v) is 8.84. The van der Waals surface area contributed by atoms with Crippen molar-refractivity contribution >= 4 is 27.5 Å². The Morgan fingerprint density at radius 2 is 1.77 bits per heavy atom. The van der Waals surface area contributed by atoms with Crippen molar-refractivity contribution in [2.75, 3.05) is 18.4 Å². The zero-order valence-electron chi connectivity index (χ0n) is 20.0. The first-order valence-corrected chi connectivity index (χ1v) is 14.0. The van der Waals surface area contributed by atoms with E-state index in [1.165, 1.54) is 19.1 Å². The highest BCUT2D eigenvalue weighted by molar-refractivity contribution is 7.89. The van der Waals surface area contributed by atoms with E-state index in [2.05, 4.69) is 21.4 Å². The van der Waals surface area contributed by atoms with E-state index in [0.29, 0.717) is 30.5 Å². The highest BCUT2D eigenvalue weighted by atomic mass is 32.2. The van der Waals surface area contributed by atoms with Gasteiger partial charge in [-0.25, -0.2) is 13.1 Å². The third kappa shape index (κ3) is 4.82. The molecule has 1 aromatic carbocycles. The quantitative estimate of drug-likeness (QED) is 0.527. The summed E-state index contributed by atoms with van der Waals surface area (Å²) in [4.78, 5) is 26.0. The summed E-state index contributed by atoms with van der Waals surface area (Å²) in [6.07, 6.45) is 6.88. The first kappa shape index (κ1) is 24.2. The minimum absolute atomic E-state index is 0.0429. The second-order valence-corrected chi connectivity index (χ2v) is 12.7. The Balaban J connectivity index is 1.30. The van der Waals surface area contributed by atoms with E-state index in [-0.39, 0.29) is 34.8 Å². The van der Waals surface area contributed by atoms with Crippen molar-refractivity contribution in [3.63, 3.8) is 0 Å². The van der Waals surface area contributed by atoms with Gasteiger partial charge in [-0.05, 0) is 87.5 Å². The Bertz CT molecular complexity index is 1150. The van der Waals surface area contributed by atoms with Crippen LogP contribution in [-0.2, 0) is 19.6 Å². The molecule has 3 N–H and O–H groups in total. The van der Waals surface area contributed by atoms with Gasteiger partial charge in [-0.15, -0.1) is 0 Å². The number of carbonyl (C=O) groups is 2. The lowest BCUT2D eigenvalue weighted by Gasteiger charge is -2.62. The fraction of sp³-hybridized carbons (Fsp3) is 0.640. The number of hydrogen-bond donors (Lipinski definition) is 3. The molecular formula is C25H33N5O4S. The third-order valence-electron chi connectivity index (χ3n) is 8.23. The normalized spacial score (nSPS) is 33.5. The van der Waals surface area contributed by atoms with Crippen LogP contribution in [0.5, 0.6) is 0 Å². The van der Waals surface area contributed by atoms with Gasteiger partial charge >= 0.3 is 0 Å². The Kier molecular flexibility index (Phi) is 6.14. The van der Waals surface area contributed by atoms with E-state index in [0.717, 1.165) is 44.9 Å². The predicted octanol–water partition coefficient (Wildman–Crippen LogP) is 2.12. The lowest BCUT2D eigenvalue weighted by atomic mass is 9.50. The van der Waals surface area contributed by atoms with Gasteiger partial charge in [0.2, 0.25) is 21.8 Å². The molecule has 35 heavy (non-hydrogen) atoms. The van der Waals surface area contributed by atoms with Crippen LogP contribution in [0.1, 0.15) is 58.3 Å². The van der Waals surface area contributed by atoms with Crippen LogP contribution in [0.3, 0.4) is 0 Å².